The maximum atomic E-state index is 14.1. The summed E-state index contributed by atoms with van der Waals surface area (Å²) in [7, 11) is 0. The number of hydrogen-bond acceptors (Lipinski definition) is 3. The average molecular weight is 338 g/mol. The van der Waals surface area contributed by atoms with Gasteiger partial charge in [-0.2, -0.15) is 0 Å². The van der Waals surface area contributed by atoms with Crippen molar-refractivity contribution in [3.8, 4) is 5.75 Å². The van der Waals surface area contributed by atoms with Crippen LogP contribution in [0.1, 0.15) is 18.4 Å². The number of halogens is 2. The molecule has 5 nitrogen and oxygen atoms in total. The van der Waals surface area contributed by atoms with Gasteiger partial charge in [0.1, 0.15) is 5.75 Å². The highest BCUT2D eigenvalue weighted by atomic mass is 19.3. The summed E-state index contributed by atoms with van der Waals surface area (Å²) in [6.07, 6.45) is -0.182. The van der Waals surface area contributed by atoms with Gasteiger partial charge in [-0.25, -0.2) is 8.78 Å². The lowest BCUT2D eigenvalue weighted by Crippen LogP contribution is -2.57. The van der Waals surface area contributed by atoms with Crippen LogP contribution in [0.25, 0.3) is 0 Å². The van der Waals surface area contributed by atoms with E-state index in [0.717, 1.165) is 10.5 Å². The minimum Gasteiger partial charge on any atom is -0.484 e. The third-order valence-electron chi connectivity index (χ3n) is 4.62. The minimum atomic E-state index is -3.07. The first-order valence-electron chi connectivity index (χ1n) is 7.93. The standard InChI is InChI=1S/C17H20F2N2O3/c1-12-2-4-13(5-3-12)24-8-14(22)21-10-16(6-7-20-15(16)23)9-17(18,19)11-21/h2-5H,6-11H2,1H3,(H,20,23)/t16-/m0/s1. The second-order valence-corrected chi connectivity index (χ2v) is 6.67. The topological polar surface area (TPSA) is 58.6 Å². The molecule has 2 aliphatic rings. The maximum absolute atomic E-state index is 14.1. The van der Waals surface area contributed by atoms with Crippen LogP contribution in [-0.2, 0) is 9.59 Å². The molecule has 1 N–H and O–H groups in total. The van der Waals surface area contributed by atoms with Crippen LogP contribution in [-0.4, -0.2) is 48.9 Å². The van der Waals surface area contributed by atoms with Gasteiger partial charge in [0.2, 0.25) is 5.91 Å². The number of ether oxygens (including phenoxy) is 1. The van der Waals surface area contributed by atoms with Crippen LogP contribution in [0, 0.1) is 12.3 Å². The van der Waals surface area contributed by atoms with Crippen molar-refractivity contribution in [3.63, 3.8) is 0 Å². The largest absolute Gasteiger partial charge is 0.484 e. The van der Waals surface area contributed by atoms with Crippen molar-refractivity contribution < 1.29 is 23.1 Å². The van der Waals surface area contributed by atoms with E-state index in [2.05, 4.69) is 5.32 Å². The summed E-state index contributed by atoms with van der Waals surface area (Å²) in [5, 5.41) is 2.60. The fourth-order valence-electron chi connectivity index (χ4n) is 3.39. The van der Waals surface area contributed by atoms with E-state index < -0.39 is 30.2 Å². The van der Waals surface area contributed by atoms with E-state index >= 15 is 0 Å². The third-order valence-corrected chi connectivity index (χ3v) is 4.62. The Bertz CT molecular complexity index is 648. The first-order chi connectivity index (χ1) is 11.3. The molecule has 2 amide bonds. The number of benzene rings is 1. The number of carbonyl (C=O) groups excluding carboxylic acids is 2. The first-order valence-corrected chi connectivity index (χ1v) is 7.93. The zero-order chi connectivity index (χ0) is 17.4. The summed E-state index contributed by atoms with van der Waals surface area (Å²) in [6.45, 7) is 1.33. The average Bonchev–Trinajstić information content (AvgIpc) is 2.84. The fourth-order valence-corrected chi connectivity index (χ4v) is 3.39. The highest BCUT2D eigenvalue weighted by molar-refractivity contribution is 5.86. The van der Waals surface area contributed by atoms with E-state index in [9.17, 15) is 18.4 Å². The van der Waals surface area contributed by atoms with E-state index in [0.29, 0.717) is 18.7 Å². The van der Waals surface area contributed by atoms with Gasteiger partial charge >= 0.3 is 0 Å². The number of hydrogen-bond donors (Lipinski definition) is 1. The van der Waals surface area contributed by atoms with Crippen LogP contribution in [0.3, 0.4) is 0 Å². The maximum Gasteiger partial charge on any atom is 0.266 e. The molecule has 0 aromatic heterocycles. The zero-order valence-corrected chi connectivity index (χ0v) is 13.5. The van der Waals surface area contributed by atoms with Crippen molar-refractivity contribution in [1.82, 2.24) is 10.2 Å². The molecule has 0 bridgehead atoms. The number of piperidine rings is 1. The van der Waals surface area contributed by atoms with Gasteiger partial charge in [0.05, 0.1) is 12.0 Å². The number of aryl methyl sites for hydroxylation is 1. The van der Waals surface area contributed by atoms with Crippen LogP contribution in [0.4, 0.5) is 8.78 Å². The number of amides is 2. The predicted octanol–water partition coefficient (Wildman–Crippen LogP) is 1.75. The summed E-state index contributed by atoms with van der Waals surface area (Å²) < 4.78 is 33.5. The van der Waals surface area contributed by atoms with Gasteiger partial charge in [0.25, 0.3) is 11.8 Å². The normalized spacial score (nSPS) is 25.6. The van der Waals surface area contributed by atoms with Crippen molar-refractivity contribution in [3.05, 3.63) is 29.8 Å². The monoisotopic (exact) mass is 338 g/mol. The second kappa shape index (κ2) is 6.03. The van der Waals surface area contributed by atoms with Crippen molar-refractivity contribution in [1.29, 1.82) is 0 Å². The van der Waals surface area contributed by atoms with Gasteiger partial charge in [0, 0.05) is 19.5 Å². The predicted molar refractivity (Wildman–Crippen MR) is 82.9 cm³/mol. The lowest BCUT2D eigenvalue weighted by Gasteiger charge is -2.42. The van der Waals surface area contributed by atoms with Crippen LogP contribution >= 0.6 is 0 Å². The Kier molecular flexibility index (Phi) is 4.19. The van der Waals surface area contributed by atoms with Crippen LogP contribution in [0.2, 0.25) is 0 Å². The second-order valence-electron chi connectivity index (χ2n) is 6.67. The lowest BCUT2D eigenvalue weighted by molar-refractivity contribution is -0.161. The summed E-state index contributed by atoms with van der Waals surface area (Å²) in [5.74, 6) is -3.49. The smallest absolute Gasteiger partial charge is 0.266 e. The van der Waals surface area contributed by atoms with Crippen molar-refractivity contribution in [2.45, 2.75) is 25.7 Å². The lowest BCUT2D eigenvalue weighted by atomic mass is 9.77. The Labute approximate surface area is 139 Å². The van der Waals surface area contributed by atoms with Gasteiger partial charge in [-0.1, -0.05) is 17.7 Å². The van der Waals surface area contributed by atoms with Crippen LogP contribution < -0.4 is 10.1 Å². The molecular weight excluding hydrogens is 318 g/mol. The molecule has 1 atom stereocenters. The molecule has 7 heteroatoms. The summed E-state index contributed by atoms with van der Waals surface area (Å²) in [5.41, 5.74) is -0.125. The molecule has 1 aromatic rings. The molecule has 0 saturated carbocycles. The number of rotatable bonds is 3. The molecule has 24 heavy (non-hydrogen) atoms. The summed E-state index contributed by atoms with van der Waals surface area (Å²) in [6, 6.07) is 7.12. The summed E-state index contributed by atoms with van der Waals surface area (Å²) in [4.78, 5) is 25.4. The minimum absolute atomic E-state index is 0.0184. The Morgan fingerprint density at radius 2 is 2.00 bits per heavy atom. The van der Waals surface area contributed by atoms with Gasteiger partial charge in [0.15, 0.2) is 6.61 Å². The Morgan fingerprint density at radius 3 is 2.62 bits per heavy atom. The van der Waals surface area contributed by atoms with E-state index in [1.165, 1.54) is 0 Å². The SMILES string of the molecule is Cc1ccc(OCC(=O)N2CC(F)(F)C[C@@]3(CCNC3=O)C2)cc1. The highest BCUT2D eigenvalue weighted by Gasteiger charge is 2.55. The number of carbonyl (C=O) groups is 2. The molecular formula is C17H20F2N2O3. The van der Waals surface area contributed by atoms with E-state index in [4.69, 9.17) is 4.74 Å². The van der Waals surface area contributed by atoms with Crippen LogP contribution in [0.15, 0.2) is 24.3 Å². The van der Waals surface area contributed by atoms with Gasteiger partial charge in [-0.05, 0) is 25.5 Å². The Morgan fingerprint density at radius 1 is 1.29 bits per heavy atom. The van der Waals surface area contributed by atoms with E-state index in [-0.39, 0.29) is 19.1 Å². The van der Waals surface area contributed by atoms with Crippen molar-refractivity contribution in [2.24, 2.45) is 5.41 Å². The molecule has 1 spiro atoms. The number of nitrogens with one attached hydrogen (secondary N) is 1. The Balaban J connectivity index is 1.67. The van der Waals surface area contributed by atoms with Gasteiger partial charge in [-0.15, -0.1) is 0 Å². The van der Waals surface area contributed by atoms with Crippen LogP contribution in [0.5, 0.6) is 5.75 Å². The zero-order valence-electron chi connectivity index (χ0n) is 13.5. The van der Waals surface area contributed by atoms with E-state index in [1.54, 1.807) is 12.1 Å². The quantitative estimate of drug-likeness (QED) is 0.913. The van der Waals surface area contributed by atoms with Crippen molar-refractivity contribution in [2.75, 3.05) is 26.2 Å². The highest BCUT2D eigenvalue weighted by Crippen LogP contribution is 2.43. The van der Waals surface area contributed by atoms with E-state index in [1.807, 2.05) is 19.1 Å². The molecule has 0 radical (unpaired) electrons. The molecule has 2 saturated heterocycles. The molecule has 0 unspecified atom stereocenters. The number of nitrogens with zero attached hydrogens (tertiary/aromatic N) is 1. The number of alkyl halides is 2. The molecule has 2 aliphatic heterocycles. The molecule has 130 valence electrons. The summed E-state index contributed by atoms with van der Waals surface area (Å²) >= 11 is 0. The Hall–Kier alpha value is -2.18. The van der Waals surface area contributed by atoms with Crippen molar-refractivity contribution >= 4 is 11.8 Å². The molecule has 0 aliphatic carbocycles. The molecule has 2 heterocycles. The van der Waals surface area contributed by atoms with Gasteiger partial charge < -0.3 is 15.0 Å². The van der Waals surface area contributed by atoms with Gasteiger partial charge in [-0.3, -0.25) is 9.59 Å². The number of likely N-dealkylation sites (tertiary alicyclic amines) is 1. The fraction of sp³-hybridized carbons (Fsp3) is 0.529. The first kappa shape index (κ1) is 16.7. The molecule has 2 fully saturated rings. The third kappa shape index (κ3) is 3.34. The molecule has 1 aromatic carbocycles. The molecule has 3 rings (SSSR count).